The summed E-state index contributed by atoms with van der Waals surface area (Å²) < 4.78 is 10.5. The van der Waals surface area contributed by atoms with E-state index in [2.05, 4.69) is 30.9 Å². The number of hydrogen-bond acceptors (Lipinski definition) is 5. The van der Waals surface area contributed by atoms with Crippen molar-refractivity contribution in [2.45, 2.75) is 39.7 Å². The minimum atomic E-state index is -0.0582. The number of ether oxygens (including phenoxy) is 1. The lowest BCUT2D eigenvalue weighted by Crippen LogP contribution is -2.30. The zero-order valence-corrected chi connectivity index (χ0v) is 17.6. The van der Waals surface area contributed by atoms with Gasteiger partial charge in [-0.25, -0.2) is 0 Å². The van der Waals surface area contributed by atoms with Gasteiger partial charge in [0.1, 0.15) is 12.3 Å². The van der Waals surface area contributed by atoms with Crippen LogP contribution in [-0.2, 0) is 12.0 Å². The molecule has 6 heteroatoms. The number of carbonyl (C=O) groups is 1. The fourth-order valence-corrected chi connectivity index (χ4v) is 2.96. The van der Waals surface area contributed by atoms with E-state index in [1.807, 2.05) is 55.5 Å². The van der Waals surface area contributed by atoms with E-state index in [-0.39, 0.29) is 17.9 Å². The fourth-order valence-electron chi connectivity index (χ4n) is 2.96. The monoisotopic (exact) mass is 393 g/mol. The van der Waals surface area contributed by atoms with Gasteiger partial charge in [-0.1, -0.05) is 38.1 Å². The predicted octanol–water partition coefficient (Wildman–Crippen LogP) is 4.71. The number of amides is 1. The van der Waals surface area contributed by atoms with Crippen LogP contribution in [0.1, 0.15) is 49.5 Å². The lowest BCUT2D eigenvalue weighted by atomic mass is 9.86. The third kappa shape index (κ3) is 4.83. The van der Waals surface area contributed by atoms with Crippen molar-refractivity contribution in [1.29, 1.82) is 0 Å². The molecule has 1 aromatic heterocycles. The van der Waals surface area contributed by atoms with Gasteiger partial charge in [-0.3, -0.25) is 4.79 Å². The number of benzene rings is 2. The lowest BCUT2D eigenvalue weighted by molar-refractivity contribution is 0.0734. The third-order valence-electron chi connectivity index (χ3n) is 4.81. The highest BCUT2D eigenvalue weighted by Gasteiger charge is 2.20. The smallest absolute Gasteiger partial charge is 0.254 e. The number of rotatable bonds is 6. The molecular formula is C23H27N3O3. The first-order valence-corrected chi connectivity index (χ1v) is 9.68. The normalized spacial score (nSPS) is 11.3. The molecule has 0 aliphatic heterocycles. The van der Waals surface area contributed by atoms with Gasteiger partial charge in [0.15, 0.2) is 0 Å². The quantitative estimate of drug-likeness (QED) is 0.607. The number of carbonyl (C=O) groups excluding carboxylic acids is 1. The van der Waals surface area contributed by atoms with E-state index in [0.717, 1.165) is 11.3 Å². The van der Waals surface area contributed by atoms with E-state index in [1.54, 1.807) is 12.0 Å². The molecule has 0 unspecified atom stereocenters. The molecule has 0 bridgehead atoms. The molecule has 2 aromatic carbocycles. The molecule has 0 saturated carbocycles. The largest absolute Gasteiger partial charge is 0.497 e. The van der Waals surface area contributed by atoms with E-state index < -0.39 is 0 Å². The van der Waals surface area contributed by atoms with E-state index in [4.69, 9.17) is 9.26 Å². The van der Waals surface area contributed by atoms with Crippen LogP contribution in [0, 0.1) is 0 Å². The molecule has 152 valence electrons. The highest BCUT2D eigenvalue weighted by atomic mass is 16.5. The van der Waals surface area contributed by atoms with Gasteiger partial charge < -0.3 is 14.2 Å². The number of nitrogens with zero attached hydrogens (tertiary/aromatic N) is 3. The Morgan fingerprint density at radius 1 is 1.07 bits per heavy atom. The van der Waals surface area contributed by atoms with Crippen molar-refractivity contribution < 1.29 is 14.1 Å². The van der Waals surface area contributed by atoms with Gasteiger partial charge in [-0.05, 0) is 54.3 Å². The Balaban J connectivity index is 1.72. The van der Waals surface area contributed by atoms with E-state index >= 15 is 0 Å². The van der Waals surface area contributed by atoms with Crippen molar-refractivity contribution >= 4 is 5.91 Å². The number of methoxy groups -OCH3 is 1. The summed E-state index contributed by atoms with van der Waals surface area (Å²) in [6, 6.07) is 15.2. The summed E-state index contributed by atoms with van der Waals surface area (Å²) in [6.07, 6.45) is 0. The van der Waals surface area contributed by atoms with Crippen LogP contribution in [0.25, 0.3) is 11.4 Å². The van der Waals surface area contributed by atoms with Gasteiger partial charge in [0.05, 0.1) is 7.11 Å². The fraction of sp³-hybridized carbons (Fsp3) is 0.348. The summed E-state index contributed by atoms with van der Waals surface area (Å²) in [6.45, 7) is 9.19. The zero-order chi connectivity index (χ0) is 21.0. The molecular weight excluding hydrogens is 366 g/mol. The van der Waals surface area contributed by atoms with Crippen molar-refractivity contribution in [2.24, 2.45) is 0 Å². The number of hydrogen-bond donors (Lipinski definition) is 0. The van der Waals surface area contributed by atoms with Crippen molar-refractivity contribution in [1.82, 2.24) is 15.0 Å². The SMILES string of the molecule is CCN(Cc1nc(-c2ccc(OC)cc2)no1)C(=O)c1ccc(C(C)(C)C)cc1. The van der Waals surface area contributed by atoms with Crippen molar-refractivity contribution in [2.75, 3.05) is 13.7 Å². The Morgan fingerprint density at radius 3 is 2.28 bits per heavy atom. The number of aromatic nitrogens is 2. The average molecular weight is 393 g/mol. The van der Waals surface area contributed by atoms with Gasteiger partial charge in [-0.15, -0.1) is 0 Å². The highest BCUT2D eigenvalue weighted by Crippen LogP contribution is 2.23. The van der Waals surface area contributed by atoms with E-state index in [0.29, 0.717) is 23.8 Å². The van der Waals surface area contributed by atoms with Gasteiger partial charge in [0.2, 0.25) is 11.7 Å². The molecule has 0 N–H and O–H groups in total. The molecule has 6 nitrogen and oxygen atoms in total. The minimum Gasteiger partial charge on any atom is -0.497 e. The van der Waals surface area contributed by atoms with Crippen LogP contribution in [0.15, 0.2) is 53.1 Å². The van der Waals surface area contributed by atoms with Crippen molar-refractivity contribution in [3.63, 3.8) is 0 Å². The molecule has 29 heavy (non-hydrogen) atoms. The van der Waals surface area contributed by atoms with Crippen molar-refractivity contribution in [3.05, 3.63) is 65.5 Å². The van der Waals surface area contributed by atoms with Crippen LogP contribution < -0.4 is 4.74 Å². The summed E-state index contributed by atoms with van der Waals surface area (Å²) >= 11 is 0. The summed E-state index contributed by atoms with van der Waals surface area (Å²) in [5.74, 6) is 1.59. The standard InChI is InChI=1S/C23H27N3O3/c1-6-26(22(27)17-7-11-18(12-8-17)23(2,3)4)15-20-24-21(25-29-20)16-9-13-19(28-5)14-10-16/h7-14H,6,15H2,1-5H3. The van der Waals surface area contributed by atoms with Crippen LogP contribution in [0.4, 0.5) is 0 Å². The molecule has 1 heterocycles. The first kappa shape index (κ1) is 20.6. The summed E-state index contributed by atoms with van der Waals surface area (Å²) in [7, 11) is 1.62. The Hall–Kier alpha value is -3.15. The minimum absolute atomic E-state index is 0.0492. The Labute approximate surface area is 171 Å². The first-order chi connectivity index (χ1) is 13.8. The van der Waals surface area contributed by atoms with Crippen LogP contribution >= 0.6 is 0 Å². The molecule has 0 spiro atoms. The molecule has 0 fully saturated rings. The van der Waals surface area contributed by atoms with Gasteiger partial charge in [0, 0.05) is 17.7 Å². The van der Waals surface area contributed by atoms with E-state index in [1.165, 1.54) is 5.56 Å². The molecule has 3 rings (SSSR count). The predicted molar refractivity (Wildman–Crippen MR) is 112 cm³/mol. The van der Waals surface area contributed by atoms with E-state index in [9.17, 15) is 4.79 Å². The summed E-state index contributed by atoms with van der Waals surface area (Å²) in [5, 5.41) is 4.04. The molecule has 0 radical (unpaired) electrons. The van der Waals surface area contributed by atoms with Gasteiger partial charge >= 0.3 is 0 Å². The van der Waals surface area contributed by atoms with Crippen LogP contribution in [-0.4, -0.2) is 34.6 Å². The molecule has 3 aromatic rings. The second-order valence-corrected chi connectivity index (χ2v) is 7.89. The zero-order valence-electron chi connectivity index (χ0n) is 17.6. The van der Waals surface area contributed by atoms with Crippen LogP contribution in [0.3, 0.4) is 0 Å². The second kappa shape index (κ2) is 8.47. The maximum Gasteiger partial charge on any atom is 0.254 e. The summed E-state index contributed by atoms with van der Waals surface area (Å²) in [4.78, 5) is 19.0. The van der Waals surface area contributed by atoms with Gasteiger partial charge in [-0.2, -0.15) is 4.98 Å². The van der Waals surface area contributed by atoms with Crippen LogP contribution in [0.2, 0.25) is 0 Å². The maximum absolute atomic E-state index is 12.9. The topological polar surface area (TPSA) is 68.5 Å². The van der Waals surface area contributed by atoms with Crippen LogP contribution in [0.5, 0.6) is 5.75 Å². The highest BCUT2D eigenvalue weighted by molar-refractivity contribution is 5.94. The summed E-state index contributed by atoms with van der Waals surface area (Å²) in [5.41, 5.74) is 2.72. The third-order valence-corrected chi connectivity index (χ3v) is 4.81. The van der Waals surface area contributed by atoms with Gasteiger partial charge in [0.25, 0.3) is 5.91 Å². The Morgan fingerprint density at radius 2 is 1.72 bits per heavy atom. The molecule has 0 atom stereocenters. The molecule has 0 aliphatic rings. The second-order valence-electron chi connectivity index (χ2n) is 7.89. The first-order valence-electron chi connectivity index (χ1n) is 9.68. The maximum atomic E-state index is 12.9. The lowest BCUT2D eigenvalue weighted by Gasteiger charge is -2.21. The molecule has 1 amide bonds. The Kier molecular flexibility index (Phi) is 6.01. The molecule has 0 saturated heterocycles. The van der Waals surface area contributed by atoms with Crippen molar-refractivity contribution in [3.8, 4) is 17.1 Å². The average Bonchev–Trinajstić information content (AvgIpc) is 3.19. The molecule has 0 aliphatic carbocycles. The Bertz CT molecular complexity index is 954.